The highest BCUT2D eigenvalue weighted by molar-refractivity contribution is 5.91. The van der Waals surface area contributed by atoms with Gasteiger partial charge >= 0.3 is 0 Å². The number of rotatable bonds is 7. The van der Waals surface area contributed by atoms with Crippen molar-refractivity contribution in [1.82, 2.24) is 29.8 Å². The second kappa shape index (κ2) is 8.39. The van der Waals surface area contributed by atoms with E-state index >= 15 is 0 Å². The first-order valence-corrected chi connectivity index (χ1v) is 9.75. The molecule has 1 aliphatic rings. The molecule has 1 amide bonds. The molecule has 1 fully saturated rings. The third-order valence-corrected chi connectivity index (χ3v) is 5.38. The van der Waals surface area contributed by atoms with Crippen LogP contribution in [-0.2, 0) is 26.7 Å². The molecule has 28 heavy (non-hydrogen) atoms. The fourth-order valence-electron chi connectivity index (χ4n) is 3.76. The second-order valence-electron chi connectivity index (χ2n) is 7.37. The minimum Gasteiger partial charge on any atom is -0.353 e. The number of carbonyl (C=O) groups excluding carboxylic acids is 1. The molecule has 1 atom stereocenters. The van der Waals surface area contributed by atoms with Crippen molar-refractivity contribution in [1.29, 1.82) is 0 Å². The maximum atomic E-state index is 12.3. The smallest absolute Gasteiger partial charge is 0.273 e. The third kappa shape index (κ3) is 4.31. The lowest BCUT2D eigenvalue weighted by Crippen LogP contribution is -2.33. The highest BCUT2D eigenvalue weighted by atomic mass is 16.2. The molecule has 0 aliphatic carbocycles. The first kappa shape index (κ1) is 18.4. The molecule has 1 aliphatic heterocycles. The molecule has 4 rings (SSSR count). The lowest BCUT2D eigenvalue weighted by Gasteiger charge is -2.24. The third-order valence-electron chi connectivity index (χ3n) is 5.38. The Morgan fingerprint density at radius 1 is 1.21 bits per heavy atom. The molecule has 146 valence electrons. The van der Waals surface area contributed by atoms with E-state index in [1.807, 2.05) is 30.3 Å². The van der Waals surface area contributed by atoms with Crippen molar-refractivity contribution in [3.05, 3.63) is 71.8 Å². The summed E-state index contributed by atoms with van der Waals surface area (Å²) >= 11 is 0. The second-order valence-corrected chi connectivity index (χ2v) is 7.37. The van der Waals surface area contributed by atoms with Gasteiger partial charge in [0.2, 0.25) is 0 Å². The van der Waals surface area contributed by atoms with Gasteiger partial charge in [0.05, 0.1) is 12.7 Å². The SMILES string of the molecule is Cn1cccc1CN1CCC[C@H]1Cn1cc(C(=O)NCc2ccccc2)nn1. The molecular weight excluding hydrogens is 352 g/mol. The van der Waals surface area contributed by atoms with Gasteiger partial charge in [-0.15, -0.1) is 5.10 Å². The van der Waals surface area contributed by atoms with Crippen molar-refractivity contribution < 1.29 is 4.79 Å². The number of likely N-dealkylation sites (tertiary alicyclic amines) is 1. The van der Waals surface area contributed by atoms with Crippen LogP contribution < -0.4 is 5.32 Å². The molecule has 0 radical (unpaired) electrons. The van der Waals surface area contributed by atoms with Crippen LogP contribution in [0.2, 0.25) is 0 Å². The van der Waals surface area contributed by atoms with Crippen molar-refractivity contribution in [3.63, 3.8) is 0 Å². The molecule has 0 unspecified atom stereocenters. The lowest BCUT2D eigenvalue weighted by molar-refractivity contribution is 0.0946. The van der Waals surface area contributed by atoms with Crippen molar-refractivity contribution in [2.75, 3.05) is 6.54 Å². The summed E-state index contributed by atoms with van der Waals surface area (Å²) in [6, 6.07) is 14.5. The van der Waals surface area contributed by atoms with Gasteiger partial charge in [-0.3, -0.25) is 14.4 Å². The Labute approximate surface area is 165 Å². The topological polar surface area (TPSA) is 68.0 Å². The van der Waals surface area contributed by atoms with Crippen LogP contribution in [-0.4, -0.2) is 43.0 Å². The van der Waals surface area contributed by atoms with Crippen LogP contribution in [0.5, 0.6) is 0 Å². The Bertz CT molecular complexity index is 916. The summed E-state index contributed by atoms with van der Waals surface area (Å²) in [5.41, 5.74) is 2.74. The van der Waals surface area contributed by atoms with Gasteiger partial charge in [0, 0.05) is 38.1 Å². The van der Waals surface area contributed by atoms with Crippen LogP contribution in [0.1, 0.15) is 34.6 Å². The number of nitrogens with one attached hydrogen (secondary N) is 1. The Morgan fingerprint density at radius 2 is 2.07 bits per heavy atom. The molecule has 7 heteroatoms. The summed E-state index contributed by atoms with van der Waals surface area (Å²) in [6.45, 7) is 3.27. The monoisotopic (exact) mass is 378 g/mol. The van der Waals surface area contributed by atoms with E-state index in [2.05, 4.69) is 50.5 Å². The normalized spacial score (nSPS) is 17.1. The van der Waals surface area contributed by atoms with Crippen molar-refractivity contribution in [2.45, 2.75) is 38.5 Å². The summed E-state index contributed by atoms with van der Waals surface area (Å²) in [5.74, 6) is -0.192. The number of benzene rings is 1. The van der Waals surface area contributed by atoms with Crippen LogP contribution in [0.3, 0.4) is 0 Å². The summed E-state index contributed by atoms with van der Waals surface area (Å²) in [6.07, 6.45) is 6.16. The van der Waals surface area contributed by atoms with Gasteiger partial charge < -0.3 is 9.88 Å². The molecule has 3 heterocycles. The standard InChI is InChI=1S/C21H26N6O/c1-25-11-5-9-18(25)14-26-12-6-10-19(26)15-27-16-20(23-24-27)21(28)22-13-17-7-3-2-4-8-17/h2-5,7-9,11,16,19H,6,10,12-15H2,1H3,(H,22,28)/t19-/m0/s1. The Morgan fingerprint density at radius 3 is 2.86 bits per heavy atom. The molecule has 3 aromatic rings. The van der Waals surface area contributed by atoms with E-state index in [-0.39, 0.29) is 5.91 Å². The molecule has 2 aromatic heterocycles. The van der Waals surface area contributed by atoms with Crippen LogP contribution in [0, 0.1) is 0 Å². The van der Waals surface area contributed by atoms with Crippen molar-refractivity contribution in [2.24, 2.45) is 7.05 Å². The minimum absolute atomic E-state index is 0.192. The maximum Gasteiger partial charge on any atom is 0.273 e. The van der Waals surface area contributed by atoms with Crippen LogP contribution in [0.15, 0.2) is 54.9 Å². The van der Waals surface area contributed by atoms with Gasteiger partial charge in [-0.1, -0.05) is 35.5 Å². The maximum absolute atomic E-state index is 12.3. The number of carbonyl (C=O) groups is 1. The fraction of sp³-hybridized carbons (Fsp3) is 0.381. The average molecular weight is 378 g/mol. The molecular formula is C21H26N6O. The van der Waals surface area contributed by atoms with Crippen LogP contribution in [0.4, 0.5) is 0 Å². The Balaban J connectivity index is 1.33. The highest BCUT2D eigenvalue weighted by Crippen LogP contribution is 2.21. The average Bonchev–Trinajstić information content (AvgIpc) is 3.45. The summed E-state index contributed by atoms with van der Waals surface area (Å²) < 4.78 is 3.96. The van der Waals surface area contributed by atoms with Gasteiger partial charge in [0.15, 0.2) is 5.69 Å². The Kier molecular flexibility index (Phi) is 5.53. The van der Waals surface area contributed by atoms with E-state index in [1.54, 1.807) is 10.9 Å². The van der Waals surface area contributed by atoms with Gasteiger partial charge in [-0.05, 0) is 37.1 Å². The number of aryl methyl sites for hydroxylation is 1. The van der Waals surface area contributed by atoms with E-state index in [4.69, 9.17) is 0 Å². The molecule has 7 nitrogen and oxygen atoms in total. The molecule has 0 spiro atoms. The summed E-state index contributed by atoms with van der Waals surface area (Å²) in [4.78, 5) is 14.8. The predicted molar refractivity (Wildman–Crippen MR) is 106 cm³/mol. The number of amides is 1. The zero-order valence-electron chi connectivity index (χ0n) is 16.2. The van der Waals surface area contributed by atoms with E-state index in [0.29, 0.717) is 18.3 Å². The van der Waals surface area contributed by atoms with Crippen LogP contribution in [0.25, 0.3) is 0 Å². The minimum atomic E-state index is -0.192. The largest absolute Gasteiger partial charge is 0.353 e. The van der Waals surface area contributed by atoms with Gasteiger partial charge in [-0.2, -0.15) is 0 Å². The fourth-order valence-corrected chi connectivity index (χ4v) is 3.76. The quantitative estimate of drug-likeness (QED) is 0.684. The van der Waals surface area contributed by atoms with Crippen LogP contribution >= 0.6 is 0 Å². The number of nitrogens with zero attached hydrogens (tertiary/aromatic N) is 5. The zero-order valence-corrected chi connectivity index (χ0v) is 16.2. The van der Waals surface area contributed by atoms with Crippen molar-refractivity contribution in [3.8, 4) is 0 Å². The summed E-state index contributed by atoms with van der Waals surface area (Å²) in [7, 11) is 2.08. The van der Waals surface area contributed by atoms with E-state index < -0.39 is 0 Å². The first-order valence-electron chi connectivity index (χ1n) is 9.75. The van der Waals surface area contributed by atoms with E-state index in [0.717, 1.165) is 31.6 Å². The number of hydrogen-bond acceptors (Lipinski definition) is 4. The van der Waals surface area contributed by atoms with Gasteiger partial charge in [0.1, 0.15) is 0 Å². The lowest BCUT2D eigenvalue weighted by atomic mass is 10.2. The molecule has 1 saturated heterocycles. The molecule has 0 saturated carbocycles. The summed E-state index contributed by atoms with van der Waals surface area (Å²) in [5, 5.41) is 11.1. The number of hydrogen-bond donors (Lipinski definition) is 1. The molecule has 0 bridgehead atoms. The zero-order chi connectivity index (χ0) is 19.3. The Hall–Kier alpha value is -2.93. The predicted octanol–water partition coefficient (Wildman–Crippen LogP) is 2.21. The van der Waals surface area contributed by atoms with E-state index in [9.17, 15) is 4.79 Å². The first-order chi connectivity index (χ1) is 13.7. The van der Waals surface area contributed by atoms with Crippen molar-refractivity contribution >= 4 is 5.91 Å². The molecule has 1 aromatic carbocycles. The number of aromatic nitrogens is 4. The van der Waals surface area contributed by atoms with Gasteiger partial charge in [-0.25, -0.2) is 0 Å². The molecule has 1 N–H and O–H groups in total. The van der Waals surface area contributed by atoms with E-state index in [1.165, 1.54) is 12.1 Å². The highest BCUT2D eigenvalue weighted by Gasteiger charge is 2.26. The van der Waals surface area contributed by atoms with Gasteiger partial charge in [0.25, 0.3) is 5.91 Å².